The molecule has 2 N–H and O–H groups in total. The van der Waals surface area contributed by atoms with E-state index in [0.29, 0.717) is 29.9 Å². The van der Waals surface area contributed by atoms with Gasteiger partial charge in [0, 0.05) is 35.9 Å². The molecular weight excluding hydrogens is 624 g/mol. The van der Waals surface area contributed by atoms with Crippen LogP contribution in [0.2, 0.25) is 0 Å². The van der Waals surface area contributed by atoms with Crippen LogP contribution >= 0.6 is 15.9 Å². The van der Waals surface area contributed by atoms with Crippen LogP contribution in [0.3, 0.4) is 0 Å². The predicted octanol–water partition coefficient (Wildman–Crippen LogP) is 2.40. The van der Waals surface area contributed by atoms with Crippen molar-refractivity contribution < 1.29 is 51.0 Å². The molecule has 2 amide bonds. The first kappa shape index (κ1) is 29.9. The van der Waals surface area contributed by atoms with Gasteiger partial charge in [0.25, 0.3) is 0 Å². The molecule has 1 aromatic carbocycles. The number of nitrogens with zero attached hydrogens (tertiary/aromatic N) is 3. The first-order valence-electron chi connectivity index (χ1n) is 11.9. The maximum Gasteiger partial charge on any atom is 0.305 e. The summed E-state index contributed by atoms with van der Waals surface area (Å²) in [4.78, 5) is 56.2. The van der Waals surface area contributed by atoms with Crippen LogP contribution in [-0.4, -0.2) is 82.3 Å². The summed E-state index contributed by atoms with van der Waals surface area (Å²) in [5, 5.41) is 11.3. The summed E-state index contributed by atoms with van der Waals surface area (Å²) in [6, 6.07) is 1.74. The third-order valence-corrected chi connectivity index (χ3v) is 6.47. The summed E-state index contributed by atoms with van der Waals surface area (Å²) in [5.41, 5.74) is 1.23. The molecule has 1 atom stereocenters. The van der Waals surface area contributed by atoms with Gasteiger partial charge < -0.3 is 24.5 Å². The number of carboxylic acid groups (broad SMARTS) is 1. The van der Waals surface area contributed by atoms with Gasteiger partial charge in [0.05, 0.1) is 26.1 Å². The molecule has 218 valence electrons. The highest BCUT2D eigenvalue weighted by Gasteiger charge is 2.30. The van der Waals surface area contributed by atoms with Gasteiger partial charge in [-0.25, -0.2) is 8.78 Å². The number of furan rings is 1. The fraction of sp³-hybridized carbons (Fsp3) is 0.320. The molecule has 0 aliphatic carbocycles. The highest BCUT2D eigenvalue weighted by molar-refractivity contribution is 9.10. The second kappa shape index (κ2) is 12.6. The largest absolute Gasteiger partial charge is 0.481 e. The van der Waals surface area contributed by atoms with Crippen LogP contribution in [0.1, 0.15) is 12.2 Å². The molecular formula is C25H21BrF4N4O7. The molecule has 0 spiro atoms. The van der Waals surface area contributed by atoms with Gasteiger partial charge in [-0.2, -0.15) is 8.78 Å². The van der Waals surface area contributed by atoms with E-state index in [1.807, 2.05) is 0 Å². The number of aromatic nitrogens is 1. The highest BCUT2D eigenvalue weighted by Crippen LogP contribution is 2.26. The summed E-state index contributed by atoms with van der Waals surface area (Å²) >= 11 is 3.31. The minimum Gasteiger partial charge on any atom is -0.481 e. The van der Waals surface area contributed by atoms with Crippen molar-refractivity contribution >= 4 is 50.6 Å². The molecule has 3 heterocycles. The number of ketones is 1. The Morgan fingerprint density at radius 2 is 1.83 bits per heavy atom. The zero-order valence-electron chi connectivity index (χ0n) is 21.0. The second-order valence-electron chi connectivity index (χ2n) is 9.05. The topological polar surface area (TPSA) is 142 Å². The Kier molecular flexibility index (Phi) is 9.22. The van der Waals surface area contributed by atoms with Crippen molar-refractivity contribution in [3.63, 3.8) is 0 Å². The number of rotatable bonds is 11. The maximum atomic E-state index is 13.8. The van der Waals surface area contributed by atoms with Gasteiger partial charge >= 0.3 is 5.97 Å². The van der Waals surface area contributed by atoms with E-state index in [1.165, 1.54) is 4.90 Å². The number of ether oxygens (including phenoxy) is 1. The molecule has 0 saturated carbocycles. The Bertz CT molecular complexity index is 1490. The summed E-state index contributed by atoms with van der Waals surface area (Å²) in [7, 11) is 0. The molecule has 2 aromatic heterocycles. The quantitative estimate of drug-likeness (QED) is 0.238. The number of carbonyl (C=O) groups is 4. The number of hydrogen-bond donors (Lipinski definition) is 2. The van der Waals surface area contributed by atoms with E-state index in [9.17, 15) is 36.7 Å². The Labute approximate surface area is 237 Å². The van der Waals surface area contributed by atoms with Crippen molar-refractivity contribution in [1.82, 2.24) is 20.1 Å². The van der Waals surface area contributed by atoms with Crippen molar-refractivity contribution in [3.05, 3.63) is 57.9 Å². The maximum absolute atomic E-state index is 13.8. The molecule has 1 fully saturated rings. The highest BCUT2D eigenvalue weighted by atomic mass is 79.9. The molecule has 1 aliphatic rings. The number of benzene rings is 1. The Morgan fingerprint density at radius 3 is 2.49 bits per heavy atom. The SMILES string of the molecule is O=C(O)C[C@H](NC(=O)CN1CCN(Cc2cc3ncc(Br)cc3o2)CC1=O)C(=O)COc1c(F)c(F)cc(F)c1F. The van der Waals surface area contributed by atoms with Crippen molar-refractivity contribution in [1.29, 1.82) is 0 Å². The number of amides is 2. The number of carboxylic acids is 1. The number of piperazine rings is 1. The van der Waals surface area contributed by atoms with Crippen molar-refractivity contribution in [2.24, 2.45) is 0 Å². The van der Waals surface area contributed by atoms with Gasteiger partial charge in [-0.1, -0.05) is 0 Å². The molecule has 11 nitrogen and oxygen atoms in total. The normalized spacial score (nSPS) is 14.8. The summed E-state index contributed by atoms with van der Waals surface area (Å²) in [6.45, 7) is -0.932. The van der Waals surface area contributed by atoms with Crippen molar-refractivity contribution in [2.75, 3.05) is 32.8 Å². The number of halogens is 5. The third kappa shape index (κ3) is 7.38. The van der Waals surface area contributed by atoms with Gasteiger partial charge in [0.2, 0.25) is 23.4 Å². The number of Topliss-reactive ketones (excluding diaryl/α,β-unsaturated/α-hetero) is 1. The van der Waals surface area contributed by atoms with E-state index in [1.54, 1.807) is 23.2 Å². The average molecular weight is 645 g/mol. The van der Waals surface area contributed by atoms with E-state index >= 15 is 0 Å². The summed E-state index contributed by atoms with van der Waals surface area (Å²) in [6.07, 6.45) is 0.697. The van der Waals surface area contributed by atoms with Gasteiger partial charge in [-0.05, 0) is 22.0 Å². The van der Waals surface area contributed by atoms with Crippen molar-refractivity contribution in [3.8, 4) is 5.75 Å². The molecule has 3 aromatic rings. The fourth-order valence-electron chi connectivity index (χ4n) is 4.06. The molecule has 41 heavy (non-hydrogen) atoms. The minimum atomic E-state index is -1.89. The van der Waals surface area contributed by atoms with Gasteiger partial charge in [0.1, 0.15) is 23.9 Å². The predicted molar refractivity (Wildman–Crippen MR) is 135 cm³/mol. The first-order chi connectivity index (χ1) is 19.4. The van der Waals surface area contributed by atoms with E-state index in [-0.39, 0.29) is 19.2 Å². The zero-order chi connectivity index (χ0) is 29.8. The Balaban J connectivity index is 1.31. The number of pyridine rings is 1. The van der Waals surface area contributed by atoms with E-state index < -0.39 is 78.2 Å². The van der Waals surface area contributed by atoms with Crippen LogP contribution < -0.4 is 10.1 Å². The summed E-state index contributed by atoms with van der Waals surface area (Å²) < 4.78 is 65.4. The summed E-state index contributed by atoms with van der Waals surface area (Å²) in [5.74, 6) is -12.2. The third-order valence-electron chi connectivity index (χ3n) is 6.03. The van der Waals surface area contributed by atoms with Gasteiger partial charge in [-0.15, -0.1) is 0 Å². The van der Waals surface area contributed by atoms with Gasteiger partial charge in [0.15, 0.2) is 28.8 Å². The lowest BCUT2D eigenvalue weighted by Gasteiger charge is -2.33. The molecule has 16 heteroatoms. The van der Waals surface area contributed by atoms with Gasteiger partial charge in [-0.3, -0.25) is 29.1 Å². The Hall–Kier alpha value is -4.05. The van der Waals surface area contributed by atoms with Crippen LogP contribution in [0.4, 0.5) is 17.6 Å². The lowest BCUT2D eigenvalue weighted by atomic mass is 10.1. The van der Waals surface area contributed by atoms with E-state index in [2.05, 4.69) is 31.0 Å². The minimum absolute atomic E-state index is 0.0475. The number of nitrogens with one attached hydrogen (secondary N) is 1. The standard InChI is InChI=1S/C25H21BrF4N4O7/c26-12-3-19-17(31-7-12)4-13(41-19)8-33-1-2-34(21(37)10-33)9-20(36)32-16(6-22(38)39)18(35)11-40-25-23(29)14(27)5-15(28)24(25)30/h3-5,7,16H,1-2,6,8-11H2,(H,32,36)(H,38,39)/t16-/m0/s1. The van der Waals surface area contributed by atoms with Crippen LogP contribution in [-0.2, 0) is 25.7 Å². The molecule has 4 rings (SSSR count). The zero-order valence-corrected chi connectivity index (χ0v) is 22.6. The number of hydrogen-bond acceptors (Lipinski definition) is 8. The number of carbonyl (C=O) groups excluding carboxylic acids is 3. The van der Waals surface area contributed by atoms with Crippen LogP contribution in [0.15, 0.2) is 33.3 Å². The lowest BCUT2D eigenvalue weighted by Crippen LogP contribution is -2.54. The first-order valence-corrected chi connectivity index (χ1v) is 12.7. The number of aliphatic carboxylic acids is 1. The van der Waals surface area contributed by atoms with Crippen LogP contribution in [0.5, 0.6) is 5.75 Å². The van der Waals surface area contributed by atoms with E-state index in [0.717, 1.165) is 4.47 Å². The smallest absolute Gasteiger partial charge is 0.305 e. The van der Waals surface area contributed by atoms with E-state index in [4.69, 9.17) is 9.52 Å². The van der Waals surface area contributed by atoms with Crippen LogP contribution in [0, 0.1) is 23.3 Å². The Morgan fingerprint density at radius 1 is 1.12 bits per heavy atom. The van der Waals surface area contributed by atoms with Crippen LogP contribution in [0.25, 0.3) is 11.1 Å². The monoisotopic (exact) mass is 644 g/mol. The number of fused-ring (bicyclic) bond motifs is 1. The molecule has 0 radical (unpaired) electrons. The molecule has 0 unspecified atom stereocenters. The molecule has 0 bridgehead atoms. The second-order valence-corrected chi connectivity index (χ2v) is 9.96. The van der Waals surface area contributed by atoms with Crippen molar-refractivity contribution in [2.45, 2.75) is 19.0 Å². The molecule has 1 aliphatic heterocycles. The molecule has 1 saturated heterocycles. The fourth-order valence-corrected chi connectivity index (χ4v) is 4.37. The lowest BCUT2D eigenvalue weighted by molar-refractivity contribution is -0.143. The average Bonchev–Trinajstić information content (AvgIpc) is 3.29.